The summed E-state index contributed by atoms with van der Waals surface area (Å²) in [5, 5.41) is 18.0. The van der Waals surface area contributed by atoms with Crippen molar-refractivity contribution >= 4 is 44.8 Å². The largest absolute Gasteiger partial charge is 0.384 e. The molecule has 1 fully saturated rings. The van der Waals surface area contributed by atoms with Gasteiger partial charge < -0.3 is 15.3 Å². The number of piperidine rings is 1. The van der Waals surface area contributed by atoms with Gasteiger partial charge in [-0.05, 0) is 36.1 Å². The predicted molar refractivity (Wildman–Crippen MR) is 138 cm³/mol. The smallest absolute Gasteiger partial charge is 0.253 e. The quantitative estimate of drug-likeness (QED) is 0.491. The number of amides is 2. The Bertz CT molecular complexity index is 1200. The van der Waals surface area contributed by atoms with Crippen molar-refractivity contribution in [3.05, 3.63) is 70.1 Å². The molecule has 34 heavy (non-hydrogen) atoms. The normalized spacial score (nSPS) is 21.0. The number of fused-ring (bicyclic) bond motifs is 1. The van der Waals surface area contributed by atoms with Crippen molar-refractivity contribution in [3.8, 4) is 0 Å². The maximum absolute atomic E-state index is 13.6. The molecule has 2 atom stereocenters. The topological polar surface area (TPSA) is 69.6 Å². The van der Waals surface area contributed by atoms with Gasteiger partial charge in [-0.25, -0.2) is 0 Å². The fourth-order valence-electron chi connectivity index (χ4n) is 4.85. The van der Waals surface area contributed by atoms with E-state index in [1.807, 2.05) is 69.5 Å². The van der Waals surface area contributed by atoms with E-state index in [2.05, 4.69) is 5.32 Å². The first-order valence-electron chi connectivity index (χ1n) is 11.6. The second-order valence-corrected chi connectivity index (χ2v) is 11.4. The molecular formula is C27H31ClN2O3S. The third kappa shape index (κ3) is 4.47. The predicted octanol–water partition coefficient (Wildman–Crippen LogP) is 5.46. The summed E-state index contributed by atoms with van der Waals surface area (Å²) in [6.45, 7) is 8.61. The molecule has 1 aliphatic heterocycles. The highest BCUT2D eigenvalue weighted by atomic mass is 35.5. The van der Waals surface area contributed by atoms with Crippen molar-refractivity contribution in [3.63, 3.8) is 0 Å². The number of halogens is 1. The van der Waals surface area contributed by atoms with Gasteiger partial charge in [-0.1, -0.05) is 69.6 Å². The number of carbonyl (C=O) groups is 2. The molecule has 0 spiro atoms. The van der Waals surface area contributed by atoms with Gasteiger partial charge in [-0.15, -0.1) is 11.3 Å². The van der Waals surface area contributed by atoms with Gasteiger partial charge in [0.2, 0.25) is 5.91 Å². The molecule has 0 bridgehead atoms. The molecule has 0 radical (unpaired) electrons. The molecule has 180 valence electrons. The molecule has 2 aromatic carbocycles. The lowest BCUT2D eigenvalue weighted by Crippen LogP contribution is -2.60. The Hall–Kier alpha value is -2.41. The molecular weight excluding hydrogens is 468 g/mol. The maximum Gasteiger partial charge on any atom is 0.253 e. The van der Waals surface area contributed by atoms with Crippen molar-refractivity contribution < 1.29 is 14.7 Å². The molecule has 3 aromatic rings. The molecule has 0 unspecified atom stereocenters. The number of thiophene rings is 1. The highest BCUT2D eigenvalue weighted by molar-refractivity contribution is 7.17. The number of hydrogen-bond acceptors (Lipinski definition) is 4. The van der Waals surface area contributed by atoms with Gasteiger partial charge in [-0.3, -0.25) is 9.59 Å². The van der Waals surface area contributed by atoms with Crippen molar-refractivity contribution in [2.75, 3.05) is 13.1 Å². The van der Waals surface area contributed by atoms with Crippen LogP contribution in [0.25, 0.3) is 10.1 Å². The summed E-state index contributed by atoms with van der Waals surface area (Å²) in [4.78, 5) is 28.5. The van der Waals surface area contributed by atoms with Crippen LogP contribution in [0.2, 0.25) is 5.02 Å². The monoisotopic (exact) mass is 498 g/mol. The van der Waals surface area contributed by atoms with Gasteiger partial charge in [0.1, 0.15) is 6.04 Å². The average molecular weight is 499 g/mol. The van der Waals surface area contributed by atoms with E-state index in [1.165, 1.54) is 11.3 Å². The Morgan fingerprint density at radius 2 is 1.79 bits per heavy atom. The summed E-state index contributed by atoms with van der Waals surface area (Å²) in [6, 6.07) is 14.4. The van der Waals surface area contributed by atoms with E-state index in [-0.39, 0.29) is 17.7 Å². The van der Waals surface area contributed by atoms with Crippen LogP contribution in [0.3, 0.4) is 0 Å². The number of hydrogen-bond donors (Lipinski definition) is 2. The van der Waals surface area contributed by atoms with Crippen LogP contribution in [0, 0.1) is 11.3 Å². The molecule has 5 nitrogen and oxygen atoms in total. The molecule has 0 aliphatic carbocycles. The van der Waals surface area contributed by atoms with Gasteiger partial charge in [0, 0.05) is 39.0 Å². The summed E-state index contributed by atoms with van der Waals surface area (Å²) in [6.07, 6.45) is 0.404. The Morgan fingerprint density at radius 1 is 1.12 bits per heavy atom. The van der Waals surface area contributed by atoms with Crippen molar-refractivity contribution in [2.45, 2.75) is 45.8 Å². The zero-order valence-corrected chi connectivity index (χ0v) is 21.5. The summed E-state index contributed by atoms with van der Waals surface area (Å²) in [7, 11) is 0. The lowest BCUT2D eigenvalue weighted by atomic mass is 9.66. The Morgan fingerprint density at radius 3 is 2.44 bits per heavy atom. The van der Waals surface area contributed by atoms with Gasteiger partial charge in [0.15, 0.2) is 0 Å². The zero-order valence-electron chi connectivity index (χ0n) is 20.0. The average Bonchev–Trinajstić information content (AvgIpc) is 3.23. The van der Waals surface area contributed by atoms with E-state index in [1.54, 1.807) is 17.0 Å². The first-order chi connectivity index (χ1) is 16.0. The first-order valence-corrected chi connectivity index (χ1v) is 12.8. The van der Waals surface area contributed by atoms with Gasteiger partial charge in [0.25, 0.3) is 5.91 Å². The number of nitrogens with one attached hydrogen (secondary N) is 1. The highest BCUT2D eigenvalue weighted by Crippen LogP contribution is 2.46. The lowest BCUT2D eigenvalue weighted by Gasteiger charge is -2.51. The zero-order chi connectivity index (χ0) is 24.7. The molecule has 1 saturated heterocycles. The molecule has 2 N–H and O–H groups in total. The van der Waals surface area contributed by atoms with Crippen LogP contribution in [0.1, 0.15) is 50.0 Å². The minimum Gasteiger partial charge on any atom is -0.384 e. The van der Waals surface area contributed by atoms with Crippen LogP contribution in [0.4, 0.5) is 0 Å². The molecule has 7 heteroatoms. The number of rotatable bonds is 5. The number of nitrogens with zero attached hydrogens (tertiary/aromatic N) is 1. The standard InChI is InChI=1S/C27H31ClN2O3S/c1-17(2)23(29-24(31)21-15-34-22-8-6-5-7-20(21)22)25(32)30-14-13-27(33,26(3,4)16-30)18-9-11-19(28)12-10-18/h5-12,15,17,23,33H,13-14,16H2,1-4H3,(H,29,31)/t23-,27+/m1/s1. The molecule has 0 saturated carbocycles. The molecule has 2 amide bonds. The van der Waals surface area contributed by atoms with Crippen LogP contribution >= 0.6 is 22.9 Å². The Balaban J connectivity index is 1.52. The maximum atomic E-state index is 13.6. The molecule has 1 aromatic heterocycles. The van der Waals surface area contributed by atoms with E-state index < -0.39 is 17.1 Å². The van der Waals surface area contributed by atoms with Crippen LogP contribution in [0.5, 0.6) is 0 Å². The van der Waals surface area contributed by atoms with Crippen LogP contribution in [0.15, 0.2) is 53.9 Å². The minimum atomic E-state index is -1.08. The second-order valence-electron chi connectivity index (χ2n) is 10.1. The molecule has 4 rings (SSSR count). The minimum absolute atomic E-state index is 0.0819. The highest BCUT2D eigenvalue weighted by Gasteiger charge is 2.50. The summed E-state index contributed by atoms with van der Waals surface area (Å²) < 4.78 is 1.04. The number of aliphatic hydroxyl groups is 1. The van der Waals surface area contributed by atoms with Gasteiger partial charge in [-0.2, -0.15) is 0 Å². The number of benzene rings is 2. The summed E-state index contributed by atoms with van der Waals surface area (Å²) in [5.74, 6) is -0.436. The Labute approximate surface area is 209 Å². The first kappa shape index (κ1) is 24.7. The number of likely N-dealkylation sites (tertiary alicyclic amines) is 1. The van der Waals surface area contributed by atoms with E-state index >= 15 is 0 Å². The second kappa shape index (κ2) is 9.33. The van der Waals surface area contributed by atoms with Gasteiger partial charge in [0.05, 0.1) is 11.2 Å². The Kier molecular flexibility index (Phi) is 6.78. The van der Waals surface area contributed by atoms with Gasteiger partial charge >= 0.3 is 0 Å². The van der Waals surface area contributed by atoms with E-state index in [0.717, 1.165) is 15.6 Å². The van der Waals surface area contributed by atoms with Crippen LogP contribution in [-0.2, 0) is 10.4 Å². The van der Waals surface area contributed by atoms with Crippen molar-refractivity contribution in [2.24, 2.45) is 11.3 Å². The van der Waals surface area contributed by atoms with Crippen LogP contribution < -0.4 is 5.32 Å². The fourth-order valence-corrected chi connectivity index (χ4v) is 5.92. The number of carbonyl (C=O) groups excluding carboxylic acids is 2. The molecule has 1 aliphatic rings. The van der Waals surface area contributed by atoms with Crippen molar-refractivity contribution in [1.29, 1.82) is 0 Å². The summed E-state index contributed by atoms with van der Waals surface area (Å²) >= 11 is 7.56. The SMILES string of the molecule is CC(C)[C@@H](NC(=O)c1csc2ccccc12)C(=O)N1CC[C@](O)(c2ccc(Cl)cc2)C(C)(C)C1. The van der Waals surface area contributed by atoms with Crippen LogP contribution in [-0.4, -0.2) is 41.0 Å². The van der Waals surface area contributed by atoms with E-state index in [0.29, 0.717) is 30.1 Å². The summed E-state index contributed by atoms with van der Waals surface area (Å²) in [5.41, 5.74) is -0.285. The van der Waals surface area contributed by atoms with E-state index in [9.17, 15) is 14.7 Å². The third-order valence-corrected chi connectivity index (χ3v) is 8.24. The fraction of sp³-hybridized carbons (Fsp3) is 0.407. The molecule has 2 heterocycles. The van der Waals surface area contributed by atoms with E-state index in [4.69, 9.17) is 11.6 Å². The van der Waals surface area contributed by atoms with Crippen molar-refractivity contribution in [1.82, 2.24) is 10.2 Å². The lowest BCUT2D eigenvalue weighted by molar-refractivity contribution is -0.155. The third-order valence-electron chi connectivity index (χ3n) is 7.03.